The minimum absolute atomic E-state index is 0.114. The lowest BCUT2D eigenvalue weighted by Gasteiger charge is -2.38. The van der Waals surface area contributed by atoms with Crippen molar-refractivity contribution in [2.24, 2.45) is 0 Å². The number of nitrogens with zero attached hydrogens (tertiary/aromatic N) is 2. The number of hydrogen-bond donors (Lipinski definition) is 1. The molecule has 5 nitrogen and oxygen atoms in total. The first kappa shape index (κ1) is 19.4. The number of piperazine rings is 1. The molecule has 6 heteroatoms. The average molecular weight is 422 g/mol. The number of halogens is 1. The summed E-state index contributed by atoms with van der Waals surface area (Å²) >= 11 is 3.43. The van der Waals surface area contributed by atoms with Crippen LogP contribution in [0.3, 0.4) is 0 Å². The van der Waals surface area contributed by atoms with Gasteiger partial charge in [-0.2, -0.15) is 0 Å². The molecule has 1 aromatic carbocycles. The van der Waals surface area contributed by atoms with Gasteiger partial charge >= 0.3 is 0 Å². The quantitative estimate of drug-likeness (QED) is 0.794. The molecule has 1 aliphatic heterocycles. The van der Waals surface area contributed by atoms with E-state index < -0.39 is 0 Å². The third kappa shape index (κ3) is 5.07. The molecular formula is C20H28BrN3O2. The first-order chi connectivity index (χ1) is 12.5. The lowest BCUT2D eigenvalue weighted by molar-refractivity contribution is -0.134. The summed E-state index contributed by atoms with van der Waals surface area (Å²) in [6.07, 6.45) is 5.61. The van der Waals surface area contributed by atoms with Crippen LogP contribution in [-0.2, 0) is 9.59 Å². The molecule has 0 bridgehead atoms. The fraction of sp³-hybridized carbons (Fsp3) is 0.600. The molecule has 2 aliphatic rings. The van der Waals surface area contributed by atoms with Gasteiger partial charge in [0.05, 0.1) is 12.5 Å². The van der Waals surface area contributed by atoms with Crippen LogP contribution in [0.2, 0.25) is 0 Å². The van der Waals surface area contributed by atoms with Gasteiger partial charge in [-0.25, -0.2) is 0 Å². The molecule has 2 fully saturated rings. The van der Waals surface area contributed by atoms with E-state index >= 15 is 0 Å². The highest BCUT2D eigenvalue weighted by Gasteiger charge is 2.29. The van der Waals surface area contributed by atoms with Crippen molar-refractivity contribution in [1.29, 1.82) is 0 Å². The second-order valence-electron chi connectivity index (χ2n) is 7.36. The third-order valence-corrected chi connectivity index (χ3v) is 6.07. The second-order valence-corrected chi connectivity index (χ2v) is 8.28. The molecule has 1 N–H and O–H groups in total. The van der Waals surface area contributed by atoms with E-state index in [2.05, 4.69) is 26.1 Å². The SMILES string of the molecule is CC(=O)NC(CC(=O)N1CCN(C2CCCC2)CC1)c1ccc(Br)cc1. The van der Waals surface area contributed by atoms with Crippen LogP contribution in [0.4, 0.5) is 0 Å². The van der Waals surface area contributed by atoms with Crippen LogP contribution < -0.4 is 5.32 Å². The summed E-state index contributed by atoms with van der Waals surface area (Å²) < 4.78 is 0.984. The summed E-state index contributed by atoms with van der Waals surface area (Å²) in [6.45, 7) is 5.03. The zero-order valence-electron chi connectivity index (χ0n) is 15.4. The standard InChI is InChI=1S/C20H28BrN3O2/c1-15(25)22-19(16-6-8-17(21)9-7-16)14-20(26)24-12-10-23(11-13-24)18-4-2-3-5-18/h6-9,18-19H,2-5,10-14H2,1H3,(H,22,25). The van der Waals surface area contributed by atoms with E-state index in [0.717, 1.165) is 42.3 Å². The maximum Gasteiger partial charge on any atom is 0.225 e. The monoisotopic (exact) mass is 421 g/mol. The molecule has 1 saturated carbocycles. The predicted octanol–water partition coefficient (Wildman–Crippen LogP) is 3.10. The molecule has 142 valence electrons. The Morgan fingerprint density at radius 1 is 1.12 bits per heavy atom. The Kier molecular flexibility index (Phi) is 6.70. The van der Waals surface area contributed by atoms with Crippen LogP contribution in [0.1, 0.15) is 50.6 Å². The van der Waals surface area contributed by atoms with Gasteiger partial charge in [-0.1, -0.05) is 40.9 Å². The third-order valence-electron chi connectivity index (χ3n) is 5.54. The van der Waals surface area contributed by atoms with E-state index in [1.807, 2.05) is 29.2 Å². The molecular weight excluding hydrogens is 394 g/mol. The lowest BCUT2D eigenvalue weighted by Crippen LogP contribution is -2.51. The second kappa shape index (κ2) is 9.00. The van der Waals surface area contributed by atoms with Gasteiger partial charge in [-0.15, -0.1) is 0 Å². The van der Waals surface area contributed by atoms with Crippen molar-refractivity contribution in [1.82, 2.24) is 15.1 Å². The Morgan fingerprint density at radius 2 is 1.73 bits per heavy atom. The fourth-order valence-electron chi connectivity index (χ4n) is 4.10. The largest absolute Gasteiger partial charge is 0.349 e. The molecule has 0 radical (unpaired) electrons. The summed E-state index contributed by atoms with van der Waals surface area (Å²) in [4.78, 5) is 28.9. The van der Waals surface area contributed by atoms with Crippen molar-refractivity contribution in [3.63, 3.8) is 0 Å². The van der Waals surface area contributed by atoms with Crippen molar-refractivity contribution < 1.29 is 9.59 Å². The topological polar surface area (TPSA) is 52.7 Å². The first-order valence-corrected chi connectivity index (χ1v) is 10.4. The van der Waals surface area contributed by atoms with Crippen molar-refractivity contribution >= 4 is 27.7 Å². The zero-order chi connectivity index (χ0) is 18.5. The van der Waals surface area contributed by atoms with Gasteiger partial charge in [-0.3, -0.25) is 14.5 Å². The van der Waals surface area contributed by atoms with Gasteiger partial charge in [0.2, 0.25) is 11.8 Å². The molecule has 1 unspecified atom stereocenters. The van der Waals surface area contributed by atoms with E-state index in [9.17, 15) is 9.59 Å². The summed E-state index contributed by atoms with van der Waals surface area (Å²) in [7, 11) is 0. The number of nitrogens with one attached hydrogen (secondary N) is 1. The van der Waals surface area contributed by atoms with E-state index in [1.54, 1.807) is 0 Å². The Morgan fingerprint density at radius 3 is 2.31 bits per heavy atom. The minimum Gasteiger partial charge on any atom is -0.349 e. The summed E-state index contributed by atoms with van der Waals surface area (Å²) in [6, 6.07) is 8.24. The number of benzene rings is 1. The first-order valence-electron chi connectivity index (χ1n) is 9.57. The zero-order valence-corrected chi connectivity index (χ0v) is 17.0. The summed E-state index contributed by atoms with van der Waals surface area (Å²) in [5, 5.41) is 2.93. The Bertz CT molecular complexity index is 620. The number of carbonyl (C=O) groups is 2. The molecule has 26 heavy (non-hydrogen) atoms. The summed E-state index contributed by atoms with van der Waals surface area (Å²) in [5.41, 5.74) is 0.960. The van der Waals surface area contributed by atoms with Crippen LogP contribution in [0.5, 0.6) is 0 Å². The Balaban J connectivity index is 1.57. The Hall–Kier alpha value is -1.40. The van der Waals surface area contributed by atoms with E-state index in [1.165, 1.54) is 32.6 Å². The molecule has 1 saturated heterocycles. The molecule has 1 aliphatic carbocycles. The van der Waals surface area contributed by atoms with Gasteiger partial charge in [0.25, 0.3) is 0 Å². The normalized spacial score (nSPS) is 20.2. The molecule has 0 spiro atoms. The predicted molar refractivity (Wildman–Crippen MR) is 106 cm³/mol. The van der Waals surface area contributed by atoms with E-state index in [4.69, 9.17) is 0 Å². The van der Waals surface area contributed by atoms with Crippen molar-refractivity contribution in [2.45, 2.75) is 51.1 Å². The molecule has 1 heterocycles. The Labute approximate surface area is 164 Å². The van der Waals surface area contributed by atoms with Gasteiger partial charge in [-0.05, 0) is 30.5 Å². The smallest absolute Gasteiger partial charge is 0.225 e. The highest BCUT2D eigenvalue weighted by atomic mass is 79.9. The fourth-order valence-corrected chi connectivity index (χ4v) is 4.37. The molecule has 2 amide bonds. The molecule has 0 aromatic heterocycles. The molecule has 1 atom stereocenters. The maximum absolute atomic E-state index is 12.8. The van der Waals surface area contributed by atoms with Gasteiger partial charge < -0.3 is 10.2 Å². The van der Waals surface area contributed by atoms with Gasteiger partial charge in [0.15, 0.2) is 0 Å². The average Bonchev–Trinajstić information content (AvgIpc) is 3.16. The van der Waals surface area contributed by atoms with Crippen molar-refractivity contribution in [2.75, 3.05) is 26.2 Å². The minimum atomic E-state index is -0.277. The number of hydrogen-bond acceptors (Lipinski definition) is 3. The van der Waals surface area contributed by atoms with Crippen LogP contribution in [0, 0.1) is 0 Å². The van der Waals surface area contributed by atoms with Gasteiger partial charge in [0.1, 0.15) is 0 Å². The molecule has 1 aromatic rings. The van der Waals surface area contributed by atoms with E-state index in [-0.39, 0.29) is 17.9 Å². The van der Waals surface area contributed by atoms with Gasteiger partial charge in [0, 0.05) is 43.6 Å². The lowest BCUT2D eigenvalue weighted by atomic mass is 10.0. The highest BCUT2D eigenvalue weighted by molar-refractivity contribution is 9.10. The number of rotatable bonds is 5. The van der Waals surface area contributed by atoms with Crippen LogP contribution in [-0.4, -0.2) is 53.8 Å². The number of carbonyl (C=O) groups excluding carboxylic acids is 2. The maximum atomic E-state index is 12.8. The summed E-state index contributed by atoms with van der Waals surface area (Å²) in [5.74, 6) is 0.00881. The van der Waals surface area contributed by atoms with Crippen molar-refractivity contribution in [3.05, 3.63) is 34.3 Å². The van der Waals surface area contributed by atoms with Crippen LogP contribution >= 0.6 is 15.9 Å². The number of amides is 2. The van der Waals surface area contributed by atoms with Crippen LogP contribution in [0.25, 0.3) is 0 Å². The van der Waals surface area contributed by atoms with E-state index in [0.29, 0.717) is 6.42 Å². The van der Waals surface area contributed by atoms with Crippen LogP contribution in [0.15, 0.2) is 28.7 Å². The highest BCUT2D eigenvalue weighted by Crippen LogP contribution is 2.25. The molecule has 3 rings (SSSR count). The van der Waals surface area contributed by atoms with Crippen molar-refractivity contribution in [3.8, 4) is 0 Å².